The second kappa shape index (κ2) is 8.57. The van der Waals surface area contributed by atoms with E-state index in [-0.39, 0.29) is 16.9 Å². The zero-order chi connectivity index (χ0) is 18.2. The first-order valence-corrected chi connectivity index (χ1v) is 7.95. The van der Waals surface area contributed by atoms with Crippen molar-refractivity contribution in [2.75, 3.05) is 7.11 Å². The fourth-order valence-corrected chi connectivity index (χ4v) is 2.24. The van der Waals surface area contributed by atoms with Gasteiger partial charge < -0.3 is 14.6 Å². The van der Waals surface area contributed by atoms with Gasteiger partial charge in [-0.1, -0.05) is 6.58 Å². The minimum absolute atomic E-state index is 0.104. The maximum Gasteiger partial charge on any atom is 0.335 e. The van der Waals surface area contributed by atoms with Gasteiger partial charge in [-0.25, -0.2) is 4.79 Å². The van der Waals surface area contributed by atoms with E-state index in [1.165, 1.54) is 43.5 Å². The standard InChI is InChI=1S/C18H14N2O4S/c1-3-25-7-6-24-17-14(11-19)8-13(10-16(17)23-2)15-9-12(18(21)22)4-5-20-15/h3-10H,1H2,2H3,(H,21,22)/b7-6-. The van der Waals surface area contributed by atoms with Gasteiger partial charge in [0.25, 0.3) is 0 Å². The van der Waals surface area contributed by atoms with Crippen molar-refractivity contribution in [3.05, 3.63) is 65.2 Å². The van der Waals surface area contributed by atoms with E-state index in [2.05, 4.69) is 11.6 Å². The molecule has 6 nitrogen and oxygen atoms in total. The Balaban J connectivity index is 2.48. The largest absolute Gasteiger partial charge is 0.493 e. The molecule has 1 heterocycles. The average molecular weight is 354 g/mol. The van der Waals surface area contributed by atoms with Crippen molar-refractivity contribution in [1.29, 1.82) is 5.26 Å². The van der Waals surface area contributed by atoms with Gasteiger partial charge in [-0.2, -0.15) is 5.26 Å². The normalized spacial score (nSPS) is 10.2. The van der Waals surface area contributed by atoms with Crippen LogP contribution in [0.5, 0.6) is 11.5 Å². The third-order valence-electron chi connectivity index (χ3n) is 3.11. The van der Waals surface area contributed by atoms with Crippen LogP contribution in [0.2, 0.25) is 0 Å². The summed E-state index contributed by atoms with van der Waals surface area (Å²) in [5.41, 5.74) is 1.31. The number of methoxy groups -OCH3 is 1. The zero-order valence-corrected chi connectivity index (χ0v) is 14.1. The molecule has 0 unspecified atom stereocenters. The molecule has 0 saturated heterocycles. The fraction of sp³-hybridized carbons (Fsp3) is 0.0556. The van der Waals surface area contributed by atoms with Crippen LogP contribution in [0.15, 0.2) is 54.1 Å². The monoisotopic (exact) mass is 354 g/mol. The number of hydrogen-bond donors (Lipinski definition) is 1. The van der Waals surface area contributed by atoms with Crippen molar-refractivity contribution >= 4 is 17.7 Å². The molecule has 0 fully saturated rings. The van der Waals surface area contributed by atoms with Crippen molar-refractivity contribution in [2.24, 2.45) is 0 Å². The molecule has 0 aliphatic carbocycles. The van der Waals surface area contributed by atoms with Gasteiger partial charge in [0.15, 0.2) is 11.5 Å². The number of carboxylic acids is 1. The van der Waals surface area contributed by atoms with Crippen molar-refractivity contribution in [3.63, 3.8) is 0 Å². The molecule has 0 aliphatic heterocycles. The molecule has 0 saturated carbocycles. The Hall–Kier alpha value is -3.24. The number of pyridine rings is 1. The summed E-state index contributed by atoms with van der Waals surface area (Å²) in [6, 6.07) is 8.08. The average Bonchev–Trinajstić information content (AvgIpc) is 2.64. The van der Waals surface area contributed by atoms with Crippen LogP contribution in [0, 0.1) is 11.3 Å². The number of aromatic nitrogens is 1. The van der Waals surface area contributed by atoms with Gasteiger partial charge in [0.05, 0.1) is 30.2 Å². The molecule has 0 bridgehead atoms. The van der Waals surface area contributed by atoms with E-state index in [1.54, 1.807) is 22.9 Å². The van der Waals surface area contributed by atoms with Gasteiger partial charge in [-0.3, -0.25) is 4.98 Å². The van der Waals surface area contributed by atoms with Gasteiger partial charge in [-0.15, -0.1) is 11.8 Å². The highest BCUT2D eigenvalue weighted by molar-refractivity contribution is 8.04. The molecule has 1 N–H and O–H groups in total. The molecule has 2 rings (SSSR count). The number of nitrogens with zero attached hydrogens (tertiary/aromatic N) is 2. The van der Waals surface area contributed by atoms with Gasteiger partial charge in [-0.05, 0) is 29.7 Å². The van der Waals surface area contributed by atoms with E-state index in [1.807, 2.05) is 6.07 Å². The van der Waals surface area contributed by atoms with Crippen LogP contribution >= 0.6 is 11.8 Å². The van der Waals surface area contributed by atoms with Crippen LogP contribution < -0.4 is 9.47 Å². The van der Waals surface area contributed by atoms with Crippen molar-refractivity contribution in [2.45, 2.75) is 0 Å². The van der Waals surface area contributed by atoms with Gasteiger partial charge in [0, 0.05) is 17.2 Å². The van der Waals surface area contributed by atoms with Gasteiger partial charge in [0.1, 0.15) is 6.07 Å². The number of rotatable bonds is 7. The minimum Gasteiger partial charge on any atom is -0.493 e. The summed E-state index contributed by atoms with van der Waals surface area (Å²) in [4.78, 5) is 15.3. The van der Waals surface area contributed by atoms with E-state index in [4.69, 9.17) is 14.6 Å². The topological polar surface area (TPSA) is 92.4 Å². The first-order chi connectivity index (χ1) is 12.1. The molecule has 2 aromatic rings. The lowest BCUT2D eigenvalue weighted by atomic mass is 10.0. The summed E-state index contributed by atoms with van der Waals surface area (Å²) in [6.45, 7) is 3.57. The molecule has 0 spiro atoms. The molecule has 7 heteroatoms. The zero-order valence-electron chi connectivity index (χ0n) is 13.3. The van der Waals surface area contributed by atoms with Crippen LogP contribution in [0.1, 0.15) is 15.9 Å². The number of nitriles is 1. The lowest BCUT2D eigenvalue weighted by Gasteiger charge is -2.12. The maximum atomic E-state index is 11.1. The molecule has 0 amide bonds. The van der Waals surface area contributed by atoms with E-state index in [0.717, 1.165) is 0 Å². The first kappa shape index (κ1) is 18.1. The lowest BCUT2D eigenvalue weighted by Crippen LogP contribution is -1.98. The quantitative estimate of drug-likeness (QED) is 0.750. The number of ether oxygens (including phenoxy) is 2. The number of aromatic carboxylic acids is 1. The Labute approximate surface area is 149 Å². The van der Waals surface area contributed by atoms with Crippen molar-refractivity contribution in [3.8, 4) is 28.8 Å². The molecule has 25 heavy (non-hydrogen) atoms. The van der Waals surface area contributed by atoms with Gasteiger partial charge >= 0.3 is 5.97 Å². The lowest BCUT2D eigenvalue weighted by molar-refractivity contribution is 0.0697. The van der Waals surface area contributed by atoms with E-state index in [9.17, 15) is 10.1 Å². The molecule has 1 aromatic heterocycles. The van der Waals surface area contributed by atoms with Crippen LogP contribution in [0.25, 0.3) is 11.3 Å². The molecular weight excluding hydrogens is 340 g/mol. The van der Waals surface area contributed by atoms with E-state index >= 15 is 0 Å². The second-order valence-electron chi connectivity index (χ2n) is 4.59. The van der Waals surface area contributed by atoms with E-state index < -0.39 is 5.97 Å². The van der Waals surface area contributed by atoms with Crippen LogP contribution in [0.4, 0.5) is 0 Å². The van der Waals surface area contributed by atoms with E-state index in [0.29, 0.717) is 17.0 Å². The summed E-state index contributed by atoms with van der Waals surface area (Å²) < 4.78 is 10.8. The molecule has 126 valence electrons. The molecule has 0 atom stereocenters. The van der Waals surface area contributed by atoms with Crippen molar-refractivity contribution < 1.29 is 19.4 Å². The van der Waals surface area contributed by atoms with Crippen molar-refractivity contribution in [1.82, 2.24) is 4.98 Å². The number of benzene rings is 1. The highest BCUT2D eigenvalue weighted by atomic mass is 32.2. The predicted octanol–water partition coefficient (Wildman–Crippen LogP) is 4.05. The summed E-state index contributed by atoms with van der Waals surface area (Å²) in [6.07, 6.45) is 2.82. The summed E-state index contributed by atoms with van der Waals surface area (Å²) in [5.74, 6) is -0.449. The summed E-state index contributed by atoms with van der Waals surface area (Å²) in [7, 11) is 1.45. The number of thioether (sulfide) groups is 1. The molecule has 0 aliphatic rings. The highest BCUT2D eigenvalue weighted by Gasteiger charge is 2.15. The highest BCUT2D eigenvalue weighted by Crippen LogP contribution is 2.36. The van der Waals surface area contributed by atoms with Crippen LogP contribution in [-0.2, 0) is 0 Å². The predicted molar refractivity (Wildman–Crippen MR) is 95.5 cm³/mol. The van der Waals surface area contributed by atoms with Gasteiger partial charge in [0.2, 0.25) is 0 Å². The van der Waals surface area contributed by atoms with Crippen LogP contribution in [-0.4, -0.2) is 23.2 Å². The second-order valence-corrected chi connectivity index (χ2v) is 5.47. The summed E-state index contributed by atoms with van der Waals surface area (Å²) in [5, 5.41) is 21.8. The minimum atomic E-state index is -1.05. The third-order valence-corrected chi connectivity index (χ3v) is 3.57. The number of hydrogen-bond acceptors (Lipinski definition) is 6. The SMILES string of the molecule is C=CS/C=C\Oc1c(C#N)cc(-c2cc(C(=O)O)ccn2)cc1OC. The molecule has 1 aromatic carbocycles. The molecular formula is C18H14N2O4S. The number of carbonyl (C=O) groups is 1. The Morgan fingerprint density at radius 2 is 2.24 bits per heavy atom. The Bertz CT molecular complexity index is 872. The maximum absolute atomic E-state index is 11.1. The Morgan fingerprint density at radius 3 is 2.88 bits per heavy atom. The number of carboxylic acid groups (broad SMARTS) is 1. The third kappa shape index (κ3) is 4.40. The Morgan fingerprint density at radius 1 is 1.44 bits per heavy atom. The van der Waals surface area contributed by atoms with Crippen LogP contribution in [0.3, 0.4) is 0 Å². The first-order valence-electron chi connectivity index (χ1n) is 7.00. The summed E-state index contributed by atoms with van der Waals surface area (Å²) >= 11 is 1.33. The smallest absolute Gasteiger partial charge is 0.335 e. The Kier molecular flexibility index (Phi) is 6.20. The fourth-order valence-electron chi connectivity index (χ4n) is 2.01. The molecule has 0 radical (unpaired) electrons.